The number of carbonyl (C=O) groups excluding carboxylic acids is 1. The van der Waals surface area contributed by atoms with E-state index in [0.717, 1.165) is 5.56 Å². The number of methoxy groups -OCH3 is 1. The van der Waals surface area contributed by atoms with Crippen LogP contribution in [0.5, 0.6) is 5.75 Å². The minimum absolute atomic E-state index is 0.0764. The molecule has 7 nitrogen and oxygen atoms in total. The summed E-state index contributed by atoms with van der Waals surface area (Å²) in [5.41, 5.74) is 2.02. The monoisotopic (exact) mass is 424 g/mol. The lowest BCUT2D eigenvalue weighted by Crippen LogP contribution is -2.29. The molecule has 0 N–H and O–H groups in total. The third kappa shape index (κ3) is 3.73. The van der Waals surface area contributed by atoms with E-state index in [2.05, 4.69) is 4.98 Å². The third-order valence-corrected chi connectivity index (χ3v) is 6.84. The lowest BCUT2D eigenvalue weighted by Gasteiger charge is -2.25. The lowest BCUT2D eigenvalue weighted by atomic mass is 10.0. The van der Waals surface area contributed by atoms with Crippen molar-refractivity contribution in [2.24, 2.45) is 0 Å². The fourth-order valence-electron chi connectivity index (χ4n) is 3.48. The minimum atomic E-state index is -3.79. The van der Waals surface area contributed by atoms with Crippen LogP contribution in [-0.4, -0.2) is 26.5 Å². The predicted octanol–water partition coefficient (Wildman–Crippen LogP) is 3.47. The van der Waals surface area contributed by atoms with Crippen LogP contribution in [0.1, 0.15) is 23.6 Å². The fourth-order valence-corrected chi connectivity index (χ4v) is 5.37. The minimum Gasteiger partial charge on any atom is -0.489 e. The van der Waals surface area contributed by atoms with E-state index in [-0.39, 0.29) is 11.3 Å². The van der Waals surface area contributed by atoms with E-state index in [1.54, 1.807) is 60.9 Å². The molecule has 1 unspecified atom stereocenters. The molecule has 0 amide bonds. The van der Waals surface area contributed by atoms with Crippen molar-refractivity contribution in [2.45, 2.75) is 24.0 Å². The Bertz CT molecular complexity index is 1150. The zero-order valence-corrected chi connectivity index (χ0v) is 17.1. The third-order valence-electron chi connectivity index (χ3n) is 4.93. The maximum absolute atomic E-state index is 13.2. The SMILES string of the molecule is COC(=O)CC1c2ccccc2S(=O)(=O)N1c1ccc(OCc2ccncc2)cc1. The molecule has 1 atom stereocenters. The van der Waals surface area contributed by atoms with Gasteiger partial charge in [0.25, 0.3) is 10.0 Å². The Morgan fingerprint density at radius 3 is 2.43 bits per heavy atom. The average molecular weight is 424 g/mol. The molecular formula is C22H20N2O5S. The number of rotatable bonds is 6. The second-order valence-corrected chi connectivity index (χ2v) is 8.56. The number of nitrogens with zero attached hydrogens (tertiary/aromatic N) is 2. The van der Waals surface area contributed by atoms with Crippen LogP contribution in [0.3, 0.4) is 0 Å². The molecular weight excluding hydrogens is 404 g/mol. The molecule has 0 radical (unpaired) electrons. The normalized spacial score (nSPS) is 16.7. The molecule has 4 rings (SSSR count). The largest absolute Gasteiger partial charge is 0.489 e. The van der Waals surface area contributed by atoms with Crippen LogP contribution in [0.4, 0.5) is 5.69 Å². The van der Waals surface area contributed by atoms with Crippen molar-refractivity contribution in [1.82, 2.24) is 4.98 Å². The quantitative estimate of drug-likeness (QED) is 0.563. The van der Waals surface area contributed by atoms with E-state index in [1.807, 2.05) is 12.1 Å². The number of carbonyl (C=O) groups is 1. The Kier molecular flexibility index (Phi) is 5.41. The van der Waals surface area contributed by atoms with Crippen LogP contribution >= 0.6 is 0 Å². The van der Waals surface area contributed by atoms with Gasteiger partial charge in [0.1, 0.15) is 12.4 Å². The molecule has 1 aliphatic heterocycles. The summed E-state index contributed by atoms with van der Waals surface area (Å²) in [6.07, 6.45) is 3.31. The van der Waals surface area contributed by atoms with Gasteiger partial charge in [0.05, 0.1) is 30.2 Å². The second kappa shape index (κ2) is 8.16. The molecule has 2 aromatic carbocycles. The number of benzene rings is 2. The Labute approximate surface area is 174 Å². The van der Waals surface area contributed by atoms with Gasteiger partial charge >= 0.3 is 5.97 Å². The molecule has 1 aliphatic rings. The summed E-state index contributed by atoms with van der Waals surface area (Å²) in [5, 5.41) is 0. The number of aromatic nitrogens is 1. The summed E-state index contributed by atoms with van der Waals surface area (Å²) >= 11 is 0. The zero-order chi connectivity index (χ0) is 21.1. The molecule has 154 valence electrons. The van der Waals surface area contributed by atoms with Crippen LogP contribution < -0.4 is 9.04 Å². The Hall–Kier alpha value is -3.39. The predicted molar refractivity (Wildman–Crippen MR) is 110 cm³/mol. The molecule has 0 bridgehead atoms. The highest BCUT2D eigenvalue weighted by molar-refractivity contribution is 7.93. The van der Waals surface area contributed by atoms with Crippen LogP contribution in [-0.2, 0) is 26.2 Å². The molecule has 0 aliphatic carbocycles. The number of ether oxygens (including phenoxy) is 2. The van der Waals surface area contributed by atoms with Crippen LogP contribution in [0, 0.1) is 0 Å². The first-order valence-electron chi connectivity index (χ1n) is 9.32. The Balaban J connectivity index is 1.61. The van der Waals surface area contributed by atoms with Crippen molar-refractivity contribution in [2.75, 3.05) is 11.4 Å². The van der Waals surface area contributed by atoms with Crippen molar-refractivity contribution >= 4 is 21.7 Å². The van der Waals surface area contributed by atoms with Gasteiger partial charge in [-0.3, -0.25) is 14.1 Å². The van der Waals surface area contributed by atoms with Gasteiger partial charge in [0.15, 0.2) is 0 Å². The van der Waals surface area contributed by atoms with Crippen molar-refractivity contribution < 1.29 is 22.7 Å². The standard InChI is InChI=1S/C22H20N2O5S/c1-28-22(25)14-20-19-4-2-3-5-21(19)30(26,27)24(20)17-6-8-18(9-7-17)29-15-16-10-12-23-13-11-16/h2-13,20H,14-15H2,1H3. The van der Waals surface area contributed by atoms with Crippen LogP contribution in [0.15, 0.2) is 78.0 Å². The summed E-state index contributed by atoms with van der Waals surface area (Å²) in [5.74, 6) is 0.128. The van der Waals surface area contributed by atoms with Gasteiger partial charge in [-0.2, -0.15) is 0 Å². The highest BCUT2D eigenvalue weighted by Crippen LogP contribution is 2.44. The Morgan fingerprint density at radius 2 is 1.73 bits per heavy atom. The average Bonchev–Trinajstić information content (AvgIpc) is 3.00. The first-order valence-corrected chi connectivity index (χ1v) is 10.8. The molecule has 1 aromatic heterocycles. The van der Waals surface area contributed by atoms with E-state index >= 15 is 0 Å². The van der Waals surface area contributed by atoms with Crippen LogP contribution in [0.25, 0.3) is 0 Å². The van der Waals surface area contributed by atoms with Gasteiger partial charge in [-0.25, -0.2) is 8.42 Å². The first kappa shape index (κ1) is 19.9. The van der Waals surface area contributed by atoms with Gasteiger partial charge in [-0.05, 0) is 53.6 Å². The van der Waals surface area contributed by atoms with E-state index < -0.39 is 22.0 Å². The molecule has 0 saturated heterocycles. The zero-order valence-electron chi connectivity index (χ0n) is 16.3. The fraction of sp³-hybridized carbons (Fsp3) is 0.182. The van der Waals surface area contributed by atoms with Gasteiger partial charge in [0.2, 0.25) is 0 Å². The smallest absolute Gasteiger partial charge is 0.307 e. The van der Waals surface area contributed by atoms with E-state index in [1.165, 1.54) is 11.4 Å². The van der Waals surface area contributed by atoms with Gasteiger partial charge < -0.3 is 9.47 Å². The van der Waals surface area contributed by atoms with E-state index in [9.17, 15) is 13.2 Å². The molecule has 3 aromatic rings. The Morgan fingerprint density at radius 1 is 1.03 bits per heavy atom. The summed E-state index contributed by atoms with van der Waals surface area (Å²) in [7, 11) is -2.50. The topological polar surface area (TPSA) is 85.8 Å². The number of esters is 1. The second-order valence-electron chi connectivity index (χ2n) is 6.77. The first-order chi connectivity index (χ1) is 14.5. The van der Waals surface area contributed by atoms with Crippen molar-refractivity contribution in [3.8, 4) is 5.75 Å². The van der Waals surface area contributed by atoms with Crippen molar-refractivity contribution in [1.29, 1.82) is 0 Å². The van der Waals surface area contributed by atoms with E-state index in [4.69, 9.17) is 9.47 Å². The maximum atomic E-state index is 13.2. The summed E-state index contributed by atoms with van der Waals surface area (Å²) < 4.78 is 38.2. The molecule has 30 heavy (non-hydrogen) atoms. The number of sulfonamides is 1. The van der Waals surface area contributed by atoms with Crippen LogP contribution in [0.2, 0.25) is 0 Å². The highest BCUT2D eigenvalue weighted by atomic mass is 32.2. The van der Waals surface area contributed by atoms with Crippen molar-refractivity contribution in [3.05, 3.63) is 84.2 Å². The molecule has 0 fully saturated rings. The molecule has 2 heterocycles. The maximum Gasteiger partial charge on any atom is 0.307 e. The number of hydrogen-bond acceptors (Lipinski definition) is 6. The number of fused-ring (bicyclic) bond motifs is 1. The number of hydrogen-bond donors (Lipinski definition) is 0. The van der Waals surface area contributed by atoms with Gasteiger partial charge in [-0.15, -0.1) is 0 Å². The van der Waals surface area contributed by atoms with E-state index in [0.29, 0.717) is 23.6 Å². The summed E-state index contributed by atoms with van der Waals surface area (Å²) in [6, 6.07) is 16.6. The summed E-state index contributed by atoms with van der Waals surface area (Å²) in [4.78, 5) is 16.1. The molecule has 0 spiro atoms. The van der Waals surface area contributed by atoms with Gasteiger partial charge in [0, 0.05) is 12.4 Å². The number of anilines is 1. The van der Waals surface area contributed by atoms with Gasteiger partial charge in [-0.1, -0.05) is 18.2 Å². The highest BCUT2D eigenvalue weighted by Gasteiger charge is 2.43. The van der Waals surface area contributed by atoms with Crippen molar-refractivity contribution in [3.63, 3.8) is 0 Å². The summed E-state index contributed by atoms with van der Waals surface area (Å²) in [6.45, 7) is 0.375. The lowest BCUT2D eigenvalue weighted by molar-refractivity contribution is -0.141. The molecule has 8 heteroatoms. The molecule has 0 saturated carbocycles. The number of pyridine rings is 1.